The second-order valence-electron chi connectivity index (χ2n) is 3.30. The Balaban J connectivity index is 2.14. The minimum Gasteiger partial charge on any atom is -0.314 e. The zero-order valence-corrected chi connectivity index (χ0v) is 6.18. The van der Waals surface area contributed by atoms with Gasteiger partial charge < -0.3 is 5.32 Å². The summed E-state index contributed by atoms with van der Waals surface area (Å²) in [6, 6.07) is 0.604. The van der Waals surface area contributed by atoms with E-state index in [0.29, 0.717) is 6.04 Å². The van der Waals surface area contributed by atoms with E-state index in [2.05, 4.69) is 10.2 Å². The fraction of sp³-hybridized carbons (Fsp3) is 1.00. The highest BCUT2D eigenvalue weighted by atomic mass is 19.1. The van der Waals surface area contributed by atoms with Crippen molar-refractivity contribution in [3.63, 3.8) is 0 Å². The molecule has 1 N–H and O–H groups in total. The summed E-state index contributed by atoms with van der Waals surface area (Å²) in [6.45, 7) is 1.79. The van der Waals surface area contributed by atoms with E-state index in [1.54, 1.807) is 0 Å². The standard InChI is InChI=1S/C7H13FN2/c1-10-5-2-6(8)7(10)4-9-3-5/h5-7,9H,2-4H2,1H3/t5?,6-,7?/m0/s1. The van der Waals surface area contributed by atoms with Gasteiger partial charge in [0.1, 0.15) is 6.17 Å². The van der Waals surface area contributed by atoms with Gasteiger partial charge in [-0.1, -0.05) is 0 Å². The van der Waals surface area contributed by atoms with Gasteiger partial charge in [-0.3, -0.25) is 4.90 Å². The normalized spacial score (nSPS) is 48.0. The third-order valence-corrected chi connectivity index (χ3v) is 2.75. The van der Waals surface area contributed by atoms with Gasteiger partial charge in [0.15, 0.2) is 0 Å². The maximum atomic E-state index is 13.0. The molecule has 2 nitrogen and oxygen atoms in total. The first-order chi connectivity index (χ1) is 4.79. The molecule has 2 aliphatic rings. The Labute approximate surface area is 60.4 Å². The highest BCUT2D eigenvalue weighted by Crippen LogP contribution is 2.27. The summed E-state index contributed by atoms with van der Waals surface area (Å²) < 4.78 is 13.0. The van der Waals surface area contributed by atoms with Crippen LogP contribution in [-0.4, -0.2) is 43.3 Å². The average molecular weight is 144 g/mol. The van der Waals surface area contributed by atoms with Crippen LogP contribution >= 0.6 is 0 Å². The SMILES string of the molecule is CN1C2CNCC1[C@@H](F)C2. The summed E-state index contributed by atoms with van der Waals surface area (Å²) in [6.07, 6.45) is 0.138. The highest BCUT2D eigenvalue weighted by Gasteiger charge is 2.41. The van der Waals surface area contributed by atoms with Crippen LogP contribution in [0.5, 0.6) is 0 Å². The molecule has 3 atom stereocenters. The average Bonchev–Trinajstić information content (AvgIpc) is 2.16. The number of piperazine rings is 1. The molecule has 0 aliphatic carbocycles. The van der Waals surface area contributed by atoms with E-state index in [4.69, 9.17) is 0 Å². The van der Waals surface area contributed by atoms with Crippen molar-refractivity contribution in [3.8, 4) is 0 Å². The van der Waals surface area contributed by atoms with E-state index in [1.165, 1.54) is 0 Å². The largest absolute Gasteiger partial charge is 0.314 e. The van der Waals surface area contributed by atoms with Crippen molar-refractivity contribution in [1.82, 2.24) is 10.2 Å². The van der Waals surface area contributed by atoms with E-state index < -0.39 is 6.17 Å². The monoisotopic (exact) mass is 144 g/mol. The van der Waals surface area contributed by atoms with Gasteiger partial charge in [0.2, 0.25) is 0 Å². The lowest BCUT2D eigenvalue weighted by Crippen LogP contribution is -2.50. The Hall–Kier alpha value is -0.150. The zero-order chi connectivity index (χ0) is 7.14. The van der Waals surface area contributed by atoms with Crippen molar-refractivity contribution >= 4 is 0 Å². The quantitative estimate of drug-likeness (QED) is 0.515. The molecule has 0 aromatic rings. The van der Waals surface area contributed by atoms with Gasteiger partial charge in [-0.25, -0.2) is 4.39 Å². The molecule has 2 bridgehead atoms. The second kappa shape index (κ2) is 2.17. The molecule has 10 heavy (non-hydrogen) atoms. The summed E-state index contributed by atoms with van der Waals surface area (Å²) in [5.41, 5.74) is 0. The summed E-state index contributed by atoms with van der Waals surface area (Å²) in [4.78, 5) is 2.17. The van der Waals surface area contributed by atoms with Crippen LogP contribution in [0.3, 0.4) is 0 Å². The number of halogens is 1. The number of rotatable bonds is 0. The number of nitrogens with one attached hydrogen (secondary N) is 1. The van der Waals surface area contributed by atoms with Crippen LogP contribution < -0.4 is 5.32 Å². The fourth-order valence-electron chi connectivity index (χ4n) is 2.01. The van der Waals surface area contributed by atoms with Crippen molar-refractivity contribution in [2.75, 3.05) is 20.1 Å². The van der Waals surface area contributed by atoms with Crippen LogP contribution in [0.15, 0.2) is 0 Å². The lowest BCUT2D eigenvalue weighted by Gasteiger charge is -2.31. The molecule has 0 saturated carbocycles. The molecule has 0 amide bonds. The molecule has 2 aliphatic heterocycles. The number of hydrogen-bond donors (Lipinski definition) is 1. The molecular formula is C7H13FN2. The molecule has 0 radical (unpaired) electrons. The maximum absolute atomic E-state index is 13.0. The first-order valence-corrected chi connectivity index (χ1v) is 3.86. The molecule has 0 aromatic heterocycles. The van der Waals surface area contributed by atoms with E-state index in [9.17, 15) is 4.39 Å². The van der Waals surface area contributed by atoms with Crippen LogP contribution in [0.2, 0.25) is 0 Å². The Bertz CT molecular complexity index is 140. The van der Waals surface area contributed by atoms with Crippen molar-refractivity contribution < 1.29 is 4.39 Å². The zero-order valence-electron chi connectivity index (χ0n) is 6.18. The van der Waals surface area contributed by atoms with Crippen LogP contribution in [0.1, 0.15) is 6.42 Å². The minimum absolute atomic E-state index is 0.152. The van der Waals surface area contributed by atoms with Crippen molar-refractivity contribution in [1.29, 1.82) is 0 Å². The smallest absolute Gasteiger partial charge is 0.118 e. The van der Waals surface area contributed by atoms with E-state index in [0.717, 1.165) is 19.5 Å². The molecule has 2 saturated heterocycles. The van der Waals surface area contributed by atoms with E-state index in [-0.39, 0.29) is 6.04 Å². The first kappa shape index (κ1) is 6.55. The van der Waals surface area contributed by atoms with E-state index in [1.807, 2.05) is 7.05 Å². The lowest BCUT2D eigenvalue weighted by molar-refractivity contribution is 0.164. The van der Waals surface area contributed by atoms with Crippen LogP contribution in [0.25, 0.3) is 0 Å². The van der Waals surface area contributed by atoms with Gasteiger partial charge in [0.05, 0.1) is 6.04 Å². The molecule has 3 heteroatoms. The Kier molecular flexibility index (Phi) is 1.42. The van der Waals surface area contributed by atoms with Crippen LogP contribution in [0, 0.1) is 0 Å². The molecular weight excluding hydrogens is 131 g/mol. The number of likely N-dealkylation sites (N-methyl/N-ethyl adjacent to an activating group) is 1. The second-order valence-corrected chi connectivity index (χ2v) is 3.30. The van der Waals surface area contributed by atoms with E-state index >= 15 is 0 Å². The fourth-order valence-corrected chi connectivity index (χ4v) is 2.01. The van der Waals surface area contributed by atoms with Gasteiger partial charge in [-0.05, 0) is 13.5 Å². The summed E-state index contributed by atoms with van der Waals surface area (Å²) in [7, 11) is 2.02. The van der Waals surface area contributed by atoms with Gasteiger partial charge in [-0.15, -0.1) is 0 Å². The molecule has 2 heterocycles. The maximum Gasteiger partial charge on any atom is 0.118 e. The Morgan fingerprint density at radius 2 is 2.30 bits per heavy atom. The topological polar surface area (TPSA) is 15.3 Å². The lowest BCUT2D eigenvalue weighted by atomic mass is 10.2. The molecule has 0 spiro atoms. The van der Waals surface area contributed by atoms with Crippen molar-refractivity contribution in [2.24, 2.45) is 0 Å². The minimum atomic E-state index is -0.593. The highest BCUT2D eigenvalue weighted by molar-refractivity contribution is 4.98. The summed E-state index contributed by atoms with van der Waals surface area (Å²) in [5, 5.41) is 3.23. The third kappa shape index (κ3) is 0.772. The summed E-state index contributed by atoms with van der Waals surface area (Å²) in [5.74, 6) is 0. The molecule has 58 valence electrons. The Morgan fingerprint density at radius 1 is 1.50 bits per heavy atom. The predicted octanol–water partition coefficient (Wildman–Crippen LogP) is 0.000400. The van der Waals surface area contributed by atoms with Crippen LogP contribution in [0.4, 0.5) is 4.39 Å². The number of hydrogen-bond acceptors (Lipinski definition) is 2. The van der Waals surface area contributed by atoms with Crippen molar-refractivity contribution in [2.45, 2.75) is 24.7 Å². The number of nitrogens with zero attached hydrogens (tertiary/aromatic N) is 1. The van der Waals surface area contributed by atoms with Gasteiger partial charge >= 0.3 is 0 Å². The molecule has 2 rings (SSSR count). The predicted molar refractivity (Wildman–Crippen MR) is 37.7 cm³/mol. The third-order valence-electron chi connectivity index (χ3n) is 2.75. The van der Waals surface area contributed by atoms with Gasteiger partial charge in [-0.2, -0.15) is 0 Å². The van der Waals surface area contributed by atoms with Crippen molar-refractivity contribution in [3.05, 3.63) is 0 Å². The number of fused-ring (bicyclic) bond motifs is 2. The molecule has 0 aromatic carbocycles. The van der Waals surface area contributed by atoms with Gasteiger partial charge in [0, 0.05) is 19.1 Å². The molecule has 2 unspecified atom stereocenters. The summed E-state index contributed by atoms with van der Waals surface area (Å²) >= 11 is 0. The van der Waals surface area contributed by atoms with Gasteiger partial charge in [0.25, 0.3) is 0 Å². The Morgan fingerprint density at radius 3 is 2.90 bits per heavy atom. The first-order valence-electron chi connectivity index (χ1n) is 3.86. The molecule has 2 fully saturated rings. The number of alkyl halides is 1. The van der Waals surface area contributed by atoms with Crippen LogP contribution in [-0.2, 0) is 0 Å².